The number of nitrogens with one attached hydrogen (secondary N) is 1. The summed E-state index contributed by atoms with van der Waals surface area (Å²) in [7, 11) is 0. The molecule has 0 saturated carbocycles. The fourth-order valence-electron chi connectivity index (χ4n) is 4.23. The van der Waals surface area contributed by atoms with E-state index in [2.05, 4.69) is 22.6 Å². The van der Waals surface area contributed by atoms with Crippen molar-refractivity contribution in [1.82, 2.24) is 25.0 Å². The normalized spacial score (nSPS) is 17.7. The largest absolute Gasteiger partial charge is 0.343 e. The van der Waals surface area contributed by atoms with Gasteiger partial charge in [-0.15, -0.1) is 11.8 Å². The predicted octanol–water partition coefficient (Wildman–Crippen LogP) is 2.45. The third-order valence-corrected chi connectivity index (χ3v) is 6.99. The van der Waals surface area contributed by atoms with Crippen molar-refractivity contribution in [2.45, 2.75) is 31.7 Å². The third kappa shape index (κ3) is 3.82. The number of thioether (sulfide) groups is 1. The predicted molar refractivity (Wildman–Crippen MR) is 121 cm³/mol. The SMILES string of the molecule is N#C[C@@H]1CSCN1C(=O)CNC(=O)c1ccnc2ccc(-n3cc4c(n3)CCCC4)cc12. The van der Waals surface area contributed by atoms with Crippen LogP contribution in [0.25, 0.3) is 16.6 Å². The molecule has 1 atom stereocenters. The van der Waals surface area contributed by atoms with Gasteiger partial charge in [-0.2, -0.15) is 10.4 Å². The second-order valence-corrected chi connectivity index (χ2v) is 9.00. The molecule has 8 nitrogen and oxygen atoms in total. The second-order valence-electron chi connectivity index (χ2n) is 8.00. The number of aromatic nitrogens is 3. The Morgan fingerprint density at radius 3 is 2.97 bits per heavy atom. The number of pyridine rings is 1. The molecule has 162 valence electrons. The number of fused-ring (bicyclic) bond motifs is 2. The molecule has 3 heterocycles. The quantitative estimate of drug-likeness (QED) is 0.660. The van der Waals surface area contributed by atoms with Gasteiger partial charge in [0.05, 0.1) is 41.0 Å². The first-order valence-electron chi connectivity index (χ1n) is 10.7. The molecule has 1 saturated heterocycles. The zero-order valence-electron chi connectivity index (χ0n) is 17.5. The Kier molecular flexibility index (Phi) is 5.53. The molecule has 1 fully saturated rings. The van der Waals surface area contributed by atoms with E-state index in [0.717, 1.165) is 24.2 Å². The molecule has 2 amide bonds. The third-order valence-electron chi connectivity index (χ3n) is 5.97. The highest BCUT2D eigenvalue weighted by Gasteiger charge is 2.29. The molecule has 32 heavy (non-hydrogen) atoms. The molecule has 1 aliphatic carbocycles. The molecule has 1 N–H and O–H groups in total. The minimum atomic E-state index is -0.436. The van der Waals surface area contributed by atoms with Crippen molar-refractivity contribution >= 4 is 34.5 Å². The molecule has 1 aliphatic heterocycles. The number of aryl methyl sites for hydroxylation is 2. The minimum absolute atomic E-state index is 0.146. The molecule has 5 rings (SSSR count). The first kappa shape index (κ1) is 20.5. The number of nitrogens with zero attached hydrogens (tertiary/aromatic N) is 5. The lowest BCUT2D eigenvalue weighted by atomic mass is 9.99. The van der Waals surface area contributed by atoms with E-state index in [4.69, 9.17) is 5.10 Å². The second kappa shape index (κ2) is 8.63. The maximum absolute atomic E-state index is 12.9. The molecule has 2 aliphatic rings. The first-order valence-corrected chi connectivity index (χ1v) is 11.8. The van der Waals surface area contributed by atoms with Crippen LogP contribution in [0.4, 0.5) is 0 Å². The highest BCUT2D eigenvalue weighted by molar-refractivity contribution is 7.99. The Balaban J connectivity index is 1.38. The summed E-state index contributed by atoms with van der Waals surface area (Å²) in [6.07, 6.45) is 8.07. The van der Waals surface area contributed by atoms with E-state index in [0.29, 0.717) is 28.1 Å². The molecule has 0 radical (unpaired) electrons. The zero-order chi connectivity index (χ0) is 22.1. The van der Waals surface area contributed by atoms with Crippen LogP contribution in [0.3, 0.4) is 0 Å². The molecule has 9 heteroatoms. The van der Waals surface area contributed by atoms with E-state index >= 15 is 0 Å². The van der Waals surface area contributed by atoms with Gasteiger partial charge in [-0.05, 0) is 55.5 Å². The number of rotatable bonds is 4. The maximum Gasteiger partial charge on any atom is 0.252 e. The number of hydrogen-bond donors (Lipinski definition) is 1. The van der Waals surface area contributed by atoms with Crippen LogP contribution in [-0.2, 0) is 17.6 Å². The van der Waals surface area contributed by atoms with Crippen molar-refractivity contribution in [1.29, 1.82) is 5.26 Å². The number of amides is 2. The van der Waals surface area contributed by atoms with Gasteiger partial charge in [0.1, 0.15) is 6.04 Å². The van der Waals surface area contributed by atoms with Gasteiger partial charge < -0.3 is 10.2 Å². The van der Waals surface area contributed by atoms with Gasteiger partial charge >= 0.3 is 0 Å². The Bertz CT molecular complexity index is 1220. The molecule has 3 aromatic rings. The number of hydrogen-bond acceptors (Lipinski definition) is 6. The summed E-state index contributed by atoms with van der Waals surface area (Å²) in [5.41, 5.74) is 4.46. The van der Waals surface area contributed by atoms with Crippen molar-refractivity contribution in [3.8, 4) is 11.8 Å². The standard InChI is InChI=1S/C23H22N6O2S/c24-10-17-13-32-14-28(17)22(30)11-26-23(31)18-7-8-25-21-6-5-16(9-19(18)21)29-12-15-3-1-2-4-20(15)27-29/h5-9,12,17H,1-4,11,13-14H2,(H,26,31)/t17-/m1/s1. The maximum atomic E-state index is 12.9. The van der Waals surface area contributed by atoms with Crippen LogP contribution in [0.2, 0.25) is 0 Å². The smallest absolute Gasteiger partial charge is 0.252 e. The van der Waals surface area contributed by atoms with Gasteiger partial charge in [0.25, 0.3) is 5.91 Å². The molecule has 0 bridgehead atoms. The first-order chi connectivity index (χ1) is 15.6. The lowest BCUT2D eigenvalue weighted by Crippen LogP contribution is -2.42. The van der Waals surface area contributed by atoms with E-state index in [1.807, 2.05) is 22.9 Å². The number of carbonyl (C=O) groups is 2. The average molecular weight is 447 g/mol. The van der Waals surface area contributed by atoms with E-state index in [1.165, 1.54) is 35.1 Å². The summed E-state index contributed by atoms with van der Waals surface area (Å²) in [6.45, 7) is -0.146. The molecule has 0 spiro atoms. The topological polar surface area (TPSA) is 104 Å². The Hall–Kier alpha value is -3.38. The van der Waals surface area contributed by atoms with Crippen molar-refractivity contribution in [2.24, 2.45) is 0 Å². The van der Waals surface area contributed by atoms with Crippen LogP contribution < -0.4 is 5.32 Å². The van der Waals surface area contributed by atoms with Gasteiger partial charge in [0.15, 0.2) is 0 Å². The Labute approximate surface area is 189 Å². The van der Waals surface area contributed by atoms with E-state index in [1.54, 1.807) is 12.3 Å². The zero-order valence-corrected chi connectivity index (χ0v) is 18.3. The summed E-state index contributed by atoms with van der Waals surface area (Å²) in [4.78, 5) is 31.3. The molecule has 1 aromatic carbocycles. The minimum Gasteiger partial charge on any atom is -0.343 e. The summed E-state index contributed by atoms with van der Waals surface area (Å²) >= 11 is 1.54. The van der Waals surface area contributed by atoms with Crippen LogP contribution in [-0.4, -0.2) is 55.7 Å². The van der Waals surface area contributed by atoms with Crippen molar-refractivity contribution < 1.29 is 9.59 Å². The highest BCUT2D eigenvalue weighted by Crippen LogP contribution is 2.25. The van der Waals surface area contributed by atoms with Gasteiger partial charge in [-0.1, -0.05) is 0 Å². The summed E-state index contributed by atoms with van der Waals surface area (Å²) < 4.78 is 1.88. The van der Waals surface area contributed by atoms with Gasteiger partial charge in [-0.3, -0.25) is 14.6 Å². The lowest BCUT2D eigenvalue weighted by molar-refractivity contribution is -0.129. The average Bonchev–Trinajstić information content (AvgIpc) is 3.48. The summed E-state index contributed by atoms with van der Waals surface area (Å²) in [6, 6.07) is 9.10. The van der Waals surface area contributed by atoms with Gasteiger partial charge in [-0.25, -0.2) is 4.68 Å². The van der Waals surface area contributed by atoms with Crippen LogP contribution >= 0.6 is 11.8 Å². The molecule has 0 unspecified atom stereocenters. The van der Waals surface area contributed by atoms with Crippen molar-refractivity contribution in [2.75, 3.05) is 18.2 Å². The highest BCUT2D eigenvalue weighted by atomic mass is 32.2. The molecule has 2 aromatic heterocycles. The number of nitriles is 1. The summed E-state index contributed by atoms with van der Waals surface area (Å²) in [5, 5.41) is 17.3. The van der Waals surface area contributed by atoms with E-state index in [9.17, 15) is 14.9 Å². The lowest BCUT2D eigenvalue weighted by Gasteiger charge is -2.18. The van der Waals surface area contributed by atoms with Crippen LogP contribution in [0.15, 0.2) is 36.7 Å². The Morgan fingerprint density at radius 2 is 2.12 bits per heavy atom. The Morgan fingerprint density at radius 1 is 1.25 bits per heavy atom. The van der Waals surface area contributed by atoms with Gasteiger partial charge in [0, 0.05) is 23.5 Å². The molecular weight excluding hydrogens is 424 g/mol. The van der Waals surface area contributed by atoms with Crippen molar-refractivity contribution in [3.63, 3.8) is 0 Å². The fourth-order valence-corrected chi connectivity index (χ4v) is 5.33. The molecular formula is C23H22N6O2S. The van der Waals surface area contributed by atoms with Gasteiger partial charge in [0.2, 0.25) is 5.91 Å². The van der Waals surface area contributed by atoms with Crippen LogP contribution in [0.5, 0.6) is 0 Å². The van der Waals surface area contributed by atoms with E-state index in [-0.39, 0.29) is 18.4 Å². The number of benzene rings is 1. The monoisotopic (exact) mass is 446 g/mol. The summed E-state index contributed by atoms with van der Waals surface area (Å²) in [5.74, 6) is 0.478. The van der Waals surface area contributed by atoms with E-state index < -0.39 is 6.04 Å². The van der Waals surface area contributed by atoms with Crippen molar-refractivity contribution in [3.05, 3.63) is 53.5 Å². The number of carbonyl (C=O) groups excluding carboxylic acids is 2. The fraction of sp³-hybridized carbons (Fsp3) is 0.348. The van der Waals surface area contributed by atoms with Crippen LogP contribution in [0, 0.1) is 11.3 Å². The van der Waals surface area contributed by atoms with Crippen LogP contribution in [0.1, 0.15) is 34.5 Å².